The first kappa shape index (κ1) is 43.1. The summed E-state index contributed by atoms with van der Waals surface area (Å²) in [5.41, 5.74) is 7.64. The van der Waals surface area contributed by atoms with Crippen molar-refractivity contribution in [3.63, 3.8) is 0 Å². The van der Waals surface area contributed by atoms with E-state index in [-0.39, 0.29) is 28.8 Å². The van der Waals surface area contributed by atoms with Crippen LogP contribution in [0.2, 0.25) is 0 Å². The van der Waals surface area contributed by atoms with Crippen molar-refractivity contribution in [2.24, 2.45) is 15.7 Å². The molecule has 0 radical (unpaired) electrons. The molecular formula is C37H77N8O2P. The van der Waals surface area contributed by atoms with Crippen LogP contribution in [0.1, 0.15) is 152 Å². The number of hydroxylamine groups is 2. The van der Waals surface area contributed by atoms with Gasteiger partial charge in [0.1, 0.15) is 0 Å². The minimum absolute atomic E-state index is 0.0144. The third-order valence-electron chi connectivity index (χ3n) is 10.2. The second-order valence-corrected chi connectivity index (χ2v) is 18.2. The number of hydrogen-bond donors (Lipinski definition) is 5. The van der Waals surface area contributed by atoms with Crippen LogP contribution in [0.3, 0.4) is 0 Å². The highest BCUT2D eigenvalue weighted by Crippen LogP contribution is 2.40. The highest BCUT2D eigenvalue weighted by molar-refractivity contribution is 7.17. The Kier molecular flexibility index (Phi) is 18.1. The molecule has 6 N–H and O–H groups in total. The second-order valence-electron chi connectivity index (χ2n) is 17.2. The van der Waals surface area contributed by atoms with E-state index in [9.17, 15) is 0 Å². The van der Waals surface area contributed by atoms with Crippen LogP contribution in [0.4, 0.5) is 0 Å². The van der Waals surface area contributed by atoms with Crippen LogP contribution in [0, 0.1) is 0 Å². The third-order valence-corrected chi connectivity index (χ3v) is 10.9. The lowest BCUT2D eigenvalue weighted by molar-refractivity contribution is -0.308. The zero-order chi connectivity index (χ0) is 36.0. The van der Waals surface area contributed by atoms with Gasteiger partial charge in [0.2, 0.25) is 5.96 Å². The molecule has 0 spiro atoms. The molecule has 1 unspecified atom stereocenters. The Balaban J connectivity index is 0.000000286. The second kappa shape index (κ2) is 20.1. The molecule has 48 heavy (non-hydrogen) atoms. The van der Waals surface area contributed by atoms with E-state index >= 15 is 0 Å². The number of nitrogens with one attached hydrogen (secondary N) is 3. The molecule has 4 fully saturated rings. The van der Waals surface area contributed by atoms with Crippen LogP contribution in [0.25, 0.3) is 0 Å². The van der Waals surface area contributed by atoms with E-state index in [4.69, 9.17) is 15.7 Å². The molecule has 0 aromatic carbocycles. The fraction of sp³-hybridized carbons (Fsp3) is 0.946. The summed E-state index contributed by atoms with van der Waals surface area (Å²) in [5, 5.41) is 20.9. The predicted molar refractivity (Wildman–Crippen MR) is 209 cm³/mol. The van der Waals surface area contributed by atoms with Crippen LogP contribution in [-0.2, 0) is 4.84 Å². The van der Waals surface area contributed by atoms with Crippen LogP contribution < -0.4 is 21.7 Å². The minimum Gasteiger partial charge on any atom is -0.395 e. The molecule has 2 heterocycles. The Labute approximate surface area is 297 Å². The van der Waals surface area contributed by atoms with Crippen molar-refractivity contribution < 1.29 is 9.94 Å². The predicted octanol–water partition coefficient (Wildman–Crippen LogP) is 6.14. The van der Waals surface area contributed by atoms with Gasteiger partial charge in [-0.05, 0) is 126 Å². The number of nitrogens with zero attached hydrogens (tertiary/aromatic N) is 4. The summed E-state index contributed by atoms with van der Waals surface area (Å²) >= 11 is 0. The van der Waals surface area contributed by atoms with Gasteiger partial charge in [-0.15, -0.1) is 9.24 Å². The van der Waals surface area contributed by atoms with Crippen molar-refractivity contribution in [1.82, 2.24) is 25.9 Å². The minimum atomic E-state index is 0.0144. The van der Waals surface area contributed by atoms with Crippen LogP contribution in [0.5, 0.6) is 0 Å². The fourth-order valence-electron chi connectivity index (χ4n) is 8.08. The quantitative estimate of drug-likeness (QED) is 0.122. The van der Waals surface area contributed by atoms with Gasteiger partial charge in [0, 0.05) is 41.8 Å². The zero-order valence-electron chi connectivity index (χ0n) is 32.8. The molecule has 2 saturated heterocycles. The molecular weight excluding hydrogens is 619 g/mol. The van der Waals surface area contributed by atoms with Gasteiger partial charge in [-0.25, -0.2) is 4.99 Å². The standard InChI is InChI=1S/C16H35N7O.C15H29NO.C6H13P/c1-15(2)9-12(10-16(3,4)22-15)23(6)13(17)21-14(19-7-8-24)20-11-18-5;1-14(2)11-8-12-15(3,4)16(14)17-13-9-6-5-7-10-13;7-6-4-2-1-3-5-6/h12,18,22,24H,7-11H2,1-6H3,(H3,17,19,20,21);13H,5-12H2,1-4H3;6H,1-5,7H2. The van der Waals surface area contributed by atoms with Gasteiger partial charge in [-0.3, -0.25) is 4.84 Å². The Bertz CT molecular complexity index is 942. The lowest BCUT2D eigenvalue weighted by Gasteiger charge is -2.52. The first-order valence-electron chi connectivity index (χ1n) is 19.0. The van der Waals surface area contributed by atoms with Gasteiger partial charge in [0.15, 0.2) is 5.96 Å². The number of piperidine rings is 2. The zero-order valence-corrected chi connectivity index (χ0v) is 33.9. The molecule has 1 atom stereocenters. The van der Waals surface area contributed by atoms with E-state index in [1.807, 2.05) is 19.0 Å². The molecule has 0 amide bonds. The van der Waals surface area contributed by atoms with Gasteiger partial charge in [0.25, 0.3) is 0 Å². The summed E-state index contributed by atoms with van der Waals surface area (Å²) in [6.45, 7) is 19.0. The largest absolute Gasteiger partial charge is 0.395 e. The van der Waals surface area contributed by atoms with E-state index in [2.05, 4.69) is 95.6 Å². The number of guanidine groups is 2. The molecule has 4 rings (SSSR count). The number of hydrogen-bond acceptors (Lipinski definition) is 6. The molecule has 2 aliphatic carbocycles. The van der Waals surface area contributed by atoms with Gasteiger partial charge >= 0.3 is 0 Å². The molecule has 0 aromatic heterocycles. The van der Waals surface area contributed by atoms with Gasteiger partial charge in [-0.2, -0.15) is 10.1 Å². The highest BCUT2D eigenvalue weighted by atomic mass is 31.0. The summed E-state index contributed by atoms with van der Waals surface area (Å²) in [6.07, 6.45) is 20.2. The Hall–Kier alpha value is -1.03. The van der Waals surface area contributed by atoms with Gasteiger partial charge in [-0.1, -0.05) is 38.5 Å². The Morgan fingerprint density at radius 1 is 0.896 bits per heavy atom. The number of nitrogens with two attached hydrogens (primary N) is 1. The van der Waals surface area contributed by atoms with Crippen molar-refractivity contribution in [3.05, 3.63) is 0 Å². The van der Waals surface area contributed by atoms with Crippen LogP contribution in [-0.4, -0.2) is 101 Å². The smallest absolute Gasteiger partial charge is 0.222 e. The maximum Gasteiger partial charge on any atom is 0.222 e. The maximum atomic E-state index is 8.97. The van der Waals surface area contributed by atoms with Gasteiger partial charge in [0.05, 0.1) is 19.4 Å². The summed E-state index contributed by atoms with van der Waals surface area (Å²) in [4.78, 5) is 17.1. The topological polar surface area (TPSA) is 123 Å². The highest BCUT2D eigenvalue weighted by Gasteiger charge is 2.44. The Morgan fingerprint density at radius 3 is 1.88 bits per heavy atom. The lowest BCUT2D eigenvalue weighted by Crippen LogP contribution is -2.62. The first-order chi connectivity index (χ1) is 22.4. The first-order valence-corrected chi connectivity index (χ1v) is 19.7. The van der Waals surface area contributed by atoms with Crippen molar-refractivity contribution >= 4 is 21.2 Å². The van der Waals surface area contributed by atoms with E-state index in [1.165, 1.54) is 83.5 Å². The number of aliphatic hydroxyl groups excluding tert-OH is 1. The molecule has 2 aliphatic heterocycles. The lowest BCUT2D eigenvalue weighted by atomic mass is 9.79. The van der Waals surface area contributed by atoms with E-state index in [1.54, 1.807) is 0 Å². The fourth-order valence-corrected chi connectivity index (χ4v) is 8.56. The van der Waals surface area contributed by atoms with E-state index in [0.717, 1.165) is 18.5 Å². The molecule has 0 bridgehead atoms. The number of rotatable bonds is 7. The summed E-state index contributed by atoms with van der Waals surface area (Å²) in [6, 6.07) is 0.295. The van der Waals surface area contributed by atoms with Crippen LogP contribution in [0.15, 0.2) is 9.98 Å². The van der Waals surface area contributed by atoms with E-state index < -0.39 is 0 Å². The molecule has 11 heteroatoms. The summed E-state index contributed by atoms with van der Waals surface area (Å²) < 4.78 is 0. The molecule has 10 nitrogen and oxygen atoms in total. The van der Waals surface area contributed by atoms with Crippen molar-refractivity contribution in [3.8, 4) is 0 Å². The van der Waals surface area contributed by atoms with Crippen LogP contribution >= 0.6 is 9.24 Å². The SMILES string of the molecule is CC1(C)CCCC(C)(C)N1OC1CCCCC1.CNC/N=C(\N=C(/N)N(C)C1CC(C)(C)NC(C)(C)C1)NCCO.PC1CCCCC1. The van der Waals surface area contributed by atoms with Crippen molar-refractivity contribution in [2.45, 2.75) is 192 Å². The van der Waals surface area contributed by atoms with Crippen molar-refractivity contribution in [1.29, 1.82) is 0 Å². The van der Waals surface area contributed by atoms with Gasteiger partial charge < -0.3 is 31.7 Å². The number of aliphatic imine (C=N–C) groups is 2. The molecule has 0 aromatic rings. The average molecular weight is 697 g/mol. The van der Waals surface area contributed by atoms with Crippen molar-refractivity contribution in [2.75, 3.05) is 33.9 Å². The summed E-state index contributed by atoms with van der Waals surface area (Å²) in [5.74, 6) is 0.851. The normalized spacial score (nSPS) is 25.2. The van der Waals surface area contributed by atoms with E-state index in [0.29, 0.717) is 37.3 Å². The monoisotopic (exact) mass is 697 g/mol. The molecule has 282 valence electrons. The third kappa shape index (κ3) is 15.5. The Morgan fingerprint density at radius 2 is 1.42 bits per heavy atom. The molecule has 4 aliphatic rings. The average Bonchev–Trinajstić information content (AvgIpc) is 3.00. The number of aliphatic hydroxyl groups is 1. The summed E-state index contributed by atoms with van der Waals surface area (Å²) in [7, 11) is 6.69. The maximum absolute atomic E-state index is 8.97. The molecule has 2 saturated carbocycles.